The first kappa shape index (κ1) is 23.5. The summed E-state index contributed by atoms with van der Waals surface area (Å²) < 4.78 is 67.0. The molecule has 0 unspecified atom stereocenters. The molecule has 2 N–H and O–H groups in total. The van der Waals surface area contributed by atoms with Gasteiger partial charge in [0.25, 0.3) is 0 Å². The summed E-state index contributed by atoms with van der Waals surface area (Å²) in [6.45, 7) is 0.711. The van der Waals surface area contributed by atoms with E-state index in [9.17, 15) is 32.0 Å². The third-order valence-corrected chi connectivity index (χ3v) is 7.90. The molecule has 3 aromatic rings. The van der Waals surface area contributed by atoms with Gasteiger partial charge in [0.05, 0.1) is 26.9 Å². The summed E-state index contributed by atoms with van der Waals surface area (Å²) in [7, 11) is -4.46. The fraction of sp³-hybridized carbons (Fsp3) is 0.333. The molecule has 0 spiro atoms. The van der Waals surface area contributed by atoms with Crippen molar-refractivity contribution in [2.24, 2.45) is 0 Å². The number of nitrogens with zero attached hydrogens (tertiary/aromatic N) is 3. The van der Waals surface area contributed by atoms with Gasteiger partial charge >= 0.3 is 6.18 Å². The molecule has 0 amide bonds. The number of benzene rings is 1. The van der Waals surface area contributed by atoms with Crippen molar-refractivity contribution in [2.45, 2.75) is 49.3 Å². The lowest BCUT2D eigenvalue weighted by atomic mass is 9.92. The van der Waals surface area contributed by atoms with E-state index < -0.39 is 27.1 Å². The van der Waals surface area contributed by atoms with Gasteiger partial charge in [0.2, 0.25) is 10.0 Å². The number of sulfonamides is 1. The van der Waals surface area contributed by atoms with Crippen molar-refractivity contribution in [2.75, 3.05) is 0 Å². The molecule has 2 heterocycles. The first-order chi connectivity index (χ1) is 15.4. The Balaban J connectivity index is 1.82. The van der Waals surface area contributed by atoms with E-state index in [1.165, 1.54) is 6.07 Å². The van der Waals surface area contributed by atoms with Crippen LogP contribution in [-0.4, -0.2) is 35.3 Å². The molecule has 1 aromatic carbocycles. The molecule has 0 aliphatic heterocycles. The van der Waals surface area contributed by atoms with Gasteiger partial charge < -0.3 is 9.67 Å². The average molecular weight is 543 g/mol. The first-order valence-corrected chi connectivity index (χ1v) is 12.2. The lowest BCUT2D eigenvalue weighted by molar-refractivity contribution is -0.147. The van der Waals surface area contributed by atoms with Crippen LogP contribution in [0.15, 0.2) is 39.8 Å². The number of halogens is 4. The van der Waals surface area contributed by atoms with Gasteiger partial charge in [-0.3, -0.25) is 4.98 Å². The predicted molar refractivity (Wildman–Crippen MR) is 118 cm³/mol. The SMILES string of the molecule is C[C@H](NS(=O)(=O)c1ccc(-c2c(C#N)c3cc(Br)c(O)cc3n2C2CCC2)nc1)C(F)(F)F. The maximum atomic E-state index is 12.8. The van der Waals surface area contributed by atoms with Gasteiger partial charge in [-0.15, -0.1) is 0 Å². The van der Waals surface area contributed by atoms with Crippen molar-refractivity contribution >= 4 is 36.9 Å². The lowest BCUT2D eigenvalue weighted by Crippen LogP contribution is -2.42. The molecule has 1 aliphatic rings. The number of aromatic hydroxyl groups is 1. The molecule has 0 radical (unpaired) electrons. The van der Waals surface area contributed by atoms with Crippen LogP contribution in [0.5, 0.6) is 5.75 Å². The molecule has 4 rings (SSSR count). The summed E-state index contributed by atoms with van der Waals surface area (Å²) in [5.41, 5.74) is 1.72. The topological polar surface area (TPSA) is 108 Å². The number of nitriles is 1. The van der Waals surface area contributed by atoms with E-state index in [0.717, 1.165) is 31.5 Å². The molecule has 7 nitrogen and oxygen atoms in total. The molecular weight excluding hydrogens is 525 g/mol. The fourth-order valence-electron chi connectivity index (χ4n) is 3.75. The first-order valence-electron chi connectivity index (χ1n) is 9.96. The number of aromatic nitrogens is 2. The largest absolute Gasteiger partial charge is 0.507 e. The zero-order valence-corrected chi connectivity index (χ0v) is 19.6. The molecule has 0 bridgehead atoms. The summed E-state index contributed by atoms with van der Waals surface area (Å²) in [6, 6.07) is 5.71. The van der Waals surface area contributed by atoms with Crippen LogP contribution in [0.1, 0.15) is 37.8 Å². The van der Waals surface area contributed by atoms with Crippen LogP contribution >= 0.6 is 15.9 Å². The normalized spacial score (nSPS) is 15.9. The summed E-state index contributed by atoms with van der Waals surface area (Å²) in [5.74, 6) is 0.0101. The Labute approximate surface area is 196 Å². The Kier molecular flexibility index (Phi) is 5.92. The fourth-order valence-corrected chi connectivity index (χ4v) is 5.27. The second kappa shape index (κ2) is 8.30. The quantitative estimate of drug-likeness (QED) is 0.471. The number of alkyl halides is 3. The van der Waals surface area contributed by atoms with Crippen molar-refractivity contribution in [1.29, 1.82) is 5.26 Å². The molecular formula is C21H18BrF3N4O3S. The molecule has 1 atom stereocenters. The smallest absolute Gasteiger partial charge is 0.404 e. The van der Waals surface area contributed by atoms with E-state index in [4.69, 9.17) is 0 Å². The van der Waals surface area contributed by atoms with Crippen LogP contribution in [0.25, 0.3) is 22.3 Å². The van der Waals surface area contributed by atoms with Gasteiger partial charge in [-0.25, -0.2) is 8.42 Å². The van der Waals surface area contributed by atoms with E-state index in [1.54, 1.807) is 16.9 Å². The number of phenols is 1. The number of phenolic OH excluding ortho intramolecular Hbond substituents is 1. The van der Waals surface area contributed by atoms with Crippen LogP contribution in [0.3, 0.4) is 0 Å². The number of hydrogen-bond donors (Lipinski definition) is 2. The van der Waals surface area contributed by atoms with Crippen LogP contribution in [0.2, 0.25) is 0 Å². The van der Waals surface area contributed by atoms with Crippen LogP contribution < -0.4 is 4.72 Å². The highest BCUT2D eigenvalue weighted by atomic mass is 79.9. The Morgan fingerprint density at radius 3 is 2.55 bits per heavy atom. The molecule has 2 aromatic heterocycles. The third-order valence-electron chi connectivity index (χ3n) is 5.74. The molecule has 1 saturated carbocycles. The van der Waals surface area contributed by atoms with Gasteiger partial charge in [-0.05, 0) is 60.3 Å². The highest BCUT2D eigenvalue weighted by molar-refractivity contribution is 9.10. The number of pyridine rings is 1. The zero-order chi connectivity index (χ0) is 24.1. The predicted octanol–water partition coefficient (Wildman–Crippen LogP) is 5.00. The van der Waals surface area contributed by atoms with E-state index in [-0.39, 0.29) is 11.8 Å². The van der Waals surface area contributed by atoms with Crippen LogP contribution in [0.4, 0.5) is 13.2 Å². The van der Waals surface area contributed by atoms with Gasteiger partial charge in [-0.1, -0.05) is 0 Å². The highest BCUT2D eigenvalue weighted by Gasteiger charge is 2.39. The second-order valence-corrected chi connectivity index (χ2v) is 10.4. The molecule has 1 aliphatic carbocycles. The molecule has 0 saturated heterocycles. The van der Waals surface area contributed by atoms with Gasteiger partial charge in [0, 0.05) is 23.7 Å². The third kappa shape index (κ3) is 4.20. The minimum absolute atomic E-state index is 0.0101. The van der Waals surface area contributed by atoms with Gasteiger partial charge in [0.15, 0.2) is 0 Å². The Bertz CT molecular complexity index is 1380. The minimum atomic E-state index is -4.73. The zero-order valence-electron chi connectivity index (χ0n) is 17.2. The standard InChI is InChI=1S/C21H18BrF3N4O3S/c1-11(21(23,24)25)28-33(31,32)13-5-6-17(27-10-13)20-15(9-26)14-7-16(22)19(30)8-18(14)29(20)12-3-2-4-12/h5-8,10-12,28,30H,2-4H2,1H3/t11-/m0/s1. The number of fused-ring (bicyclic) bond motifs is 1. The minimum Gasteiger partial charge on any atom is -0.507 e. The van der Waals surface area contributed by atoms with Crippen molar-refractivity contribution in [3.05, 3.63) is 40.5 Å². The average Bonchev–Trinajstić information content (AvgIpc) is 2.99. The highest BCUT2D eigenvalue weighted by Crippen LogP contribution is 2.44. The summed E-state index contributed by atoms with van der Waals surface area (Å²) >= 11 is 3.26. The van der Waals surface area contributed by atoms with Crippen molar-refractivity contribution < 1.29 is 26.7 Å². The van der Waals surface area contributed by atoms with E-state index >= 15 is 0 Å². The molecule has 12 heteroatoms. The summed E-state index contributed by atoms with van der Waals surface area (Å²) in [5, 5.41) is 20.7. The maximum absolute atomic E-state index is 12.8. The Hall–Kier alpha value is -2.62. The van der Waals surface area contributed by atoms with Crippen LogP contribution in [-0.2, 0) is 10.0 Å². The Morgan fingerprint density at radius 2 is 2.03 bits per heavy atom. The number of rotatable bonds is 5. The van der Waals surface area contributed by atoms with Crippen molar-refractivity contribution in [3.8, 4) is 23.2 Å². The monoisotopic (exact) mass is 542 g/mol. The molecule has 174 valence electrons. The maximum Gasteiger partial charge on any atom is 0.404 e. The number of nitrogens with one attached hydrogen (secondary N) is 1. The van der Waals surface area contributed by atoms with Gasteiger partial charge in [0.1, 0.15) is 22.8 Å². The van der Waals surface area contributed by atoms with Gasteiger partial charge in [-0.2, -0.15) is 23.2 Å². The lowest BCUT2D eigenvalue weighted by Gasteiger charge is -2.30. The summed E-state index contributed by atoms with van der Waals surface area (Å²) in [4.78, 5) is 3.76. The van der Waals surface area contributed by atoms with E-state index in [0.29, 0.717) is 39.3 Å². The Morgan fingerprint density at radius 1 is 1.33 bits per heavy atom. The van der Waals surface area contributed by atoms with Crippen molar-refractivity contribution in [1.82, 2.24) is 14.3 Å². The molecule has 33 heavy (non-hydrogen) atoms. The van der Waals surface area contributed by atoms with Crippen LogP contribution in [0, 0.1) is 11.3 Å². The van der Waals surface area contributed by atoms with E-state index in [1.807, 2.05) is 4.57 Å². The summed E-state index contributed by atoms with van der Waals surface area (Å²) in [6.07, 6.45) is -1.03. The van der Waals surface area contributed by atoms with E-state index in [2.05, 4.69) is 27.0 Å². The molecule has 1 fully saturated rings. The van der Waals surface area contributed by atoms with Crippen molar-refractivity contribution in [3.63, 3.8) is 0 Å². The number of hydrogen-bond acceptors (Lipinski definition) is 5. The second-order valence-electron chi connectivity index (χ2n) is 7.87.